The van der Waals surface area contributed by atoms with Crippen molar-refractivity contribution in [2.75, 3.05) is 26.9 Å². The van der Waals surface area contributed by atoms with Gasteiger partial charge in [-0.3, -0.25) is 4.79 Å². The van der Waals surface area contributed by atoms with Crippen molar-refractivity contribution in [3.8, 4) is 5.75 Å². The molecule has 0 aliphatic rings. The highest BCUT2D eigenvalue weighted by Crippen LogP contribution is 2.30. The Bertz CT molecular complexity index is 477. The fraction of sp³-hybridized carbons (Fsp3) is 0.533. The van der Waals surface area contributed by atoms with Crippen molar-refractivity contribution >= 4 is 21.9 Å². The number of benzene rings is 1. The van der Waals surface area contributed by atoms with Crippen LogP contribution in [0.15, 0.2) is 22.7 Å². The smallest absolute Gasteiger partial charge is 0.312 e. The highest BCUT2D eigenvalue weighted by atomic mass is 79.9. The van der Waals surface area contributed by atoms with Gasteiger partial charge in [-0.15, -0.1) is 0 Å². The molecule has 2 N–H and O–H groups in total. The maximum atomic E-state index is 11.1. The number of hydrogen-bond acceptors (Lipinski definition) is 4. The number of hydrogen-bond donors (Lipinski definition) is 2. The number of carbonyl (C=O) groups is 1. The van der Waals surface area contributed by atoms with Crippen molar-refractivity contribution in [2.45, 2.75) is 20.4 Å². The summed E-state index contributed by atoms with van der Waals surface area (Å²) in [7, 11) is 1.66. The minimum absolute atomic E-state index is 0.107. The largest absolute Gasteiger partial charge is 0.491 e. The van der Waals surface area contributed by atoms with Gasteiger partial charge in [0.25, 0.3) is 0 Å². The molecule has 0 heterocycles. The van der Waals surface area contributed by atoms with Crippen LogP contribution in [-0.2, 0) is 16.1 Å². The lowest BCUT2D eigenvalue weighted by Gasteiger charge is -2.21. The standard InChI is InChI=1S/C15H22BrNO4/c1-15(2,14(18)19)10-21-13-11(5-4-6-12(13)16)9-17-7-8-20-3/h4-6,17H,7-10H2,1-3H3,(H,18,19). The van der Waals surface area contributed by atoms with Gasteiger partial charge in [-0.2, -0.15) is 0 Å². The Balaban J connectivity index is 2.73. The lowest BCUT2D eigenvalue weighted by molar-refractivity contribution is -0.148. The molecule has 0 saturated carbocycles. The predicted octanol–water partition coefficient (Wildman–Crippen LogP) is 2.67. The van der Waals surface area contributed by atoms with E-state index in [4.69, 9.17) is 14.6 Å². The number of halogens is 1. The van der Waals surface area contributed by atoms with Gasteiger partial charge in [-0.1, -0.05) is 12.1 Å². The van der Waals surface area contributed by atoms with Crippen molar-refractivity contribution in [1.29, 1.82) is 0 Å². The molecule has 5 nitrogen and oxygen atoms in total. The van der Waals surface area contributed by atoms with Crippen LogP contribution in [0.1, 0.15) is 19.4 Å². The molecule has 0 saturated heterocycles. The first-order valence-electron chi connectivity index (χ1n) is 6.71. The molecule has 0 fully saturated rings. The fourth-order valence-electron chi connectivity index (χ4n) is 1.57. The molecule has 6 heteroatoms. The number of carboxylic acid groups (broad SMARTS) is 1. The molecular formula is C15H22BrNO4. The highest BCUT2D eigenvalue weighted by Gasteiger charge is 2.28. The molecule has 0 bridgehead atoms. The van der Waals surface area contributed by atoms with Gasteiger partial charge in [-0.25, -0.2) is 0 Å². The second-order valence-electron chi connectivity index (χ2n) is 5.38. The number of rotatable bonds is 9. The summed E-state index contributed by atoms with van der Waals surface area (Å²) in [5.41, 5.74) is 0.0393. The van der Waals surface area contributed by atoms with Gasteiger partial charge in [0, 0.05) is 25.8 Å². The molecule has 0 atom stereocenters. The van der Waals surface area contributed by atoms with Gasteiger partial charge in [0.1, 0.15) is 12.4 Å². The van der Waals surface area contributed by atoms with Gasteiger partial charge in [0.2, 0.25) is 0 Å². The first-order chi connectivity index (χ1) is 9.88. The maximum Gasteiger partial charge on any atom is 0.312 e. The Morgan fingerprint density at radius 1 is 1.43 bits per heavy atom. The molecular weight excluding hydrogens is 338 g/mol. The van der Waals surface area contributed by atoms with Crippen LogP contribution in [0.3, 0.4) is 0 Å². The Morgan fingerprint density at radius 2 is 2.14 bits per heavy atom. The lowest BCUT2D eigenvalue weighted by Crippen LogP contribution is -2.31. The zero-order valence-electron chi connectivity index (χ0n) is 12.6. The Kier molecular flexibility index (Phi) is 7.14. The number of aliphatic carboxylic acids is 1. The Hall–Kier alpha value is -1.11. The summed E-state index contributed by atoms with van der Waals surface area (Å²) in [6.07, 6.45) is 0. The van der Waals surface area contributed by atoms with Crippen molar-refractivity contribution in [2.24, 2.45) is 5.41 Å². The minimum atomic E-state index is -0.934. The molecule has 1 aromatic carbocycles. The van der Waals surface area contributed by atoms with Crippen LogP contribution >= 0.6 is 15.9 Å². The summed E-state index contributed by atoms with van der Waals surface area (Å²) >= 11 is 3.45. The number of nitrogens with one attached hydrogen (secondary N) is 1. The quantitative estimate of drug-likeness (QED) is 0.663. The third-order valence-electron chi connectivity index (χ3n) is 3.00. The molecule has 0 aliphatic heterocycles. The fourth-order valence-corrected chi connectivity index (χ4v) is 2.09. The van der Waals surface area contributed by atoms with E-state index in [1.807, 2.05) is 18.2 Å². The zero-order valence-corrected chi connectivity index (χ0v) is 14.2. The summed E-state index contributed by atoms with van der Waals surface area (Å²) in [6, 6.07) is 5.75. The van der Waals surface area contributed by atoms with Gasteiger partial charge in [0.15, 0.2) is 0 Å². The van der Waals surface area contributed by atoms with Crippen molar-refractivity contribution in [3.05, 3.63) is 28.2 Å². The first kappa shape index (κ1) is 17.9. The first-order valence-corrected chi connectivity index (χ1v) is 7.51. The molecule has 0 spiro atoms. The van der Waals surface area contributed by atoms with Crippen LogP contribution in [0.4, 0.5) is 0 Å². The van der Waals surface area contributed by atoms with E-state index in [0.717, 1.165) is 16.6 Å². The van der Waals surface area contributed by atoms with E-state index in [0.29, 0.717) is 18.9 Å². The van der Waals surface area contributed by atoms with Crippen LogP contribution in [0, 0.1) is 5.41 Å². The number of para-hydroxylation sites is 1. The topological polar surface area (TPSA) is 67.8 Å². The molecule has 0 radical (unpaired) electrons. The molecule has 1 rings (SSSR count). The van der Waals surface area contributed by atoms with Crippen LogP contribution in [0.2, 0.25) is 0 Å². The van der Waals surface area contributed by atoms with Gasteiger partial charge in [0.05, 0.1) is 16.5 Å². The van der Waals surface area contributed by atoms with Gasteiger partial charge >= 0.3 is 5.97 Å². The average Bonchev–Trinajstić information content (AvgIpc) is 2.42. The molecule has 0 aliphatic carbocycles. The van der Waals surface area contributed by atoms with E-state index in [1.165, 1.54) is 0 Å². The van der Waals surface area contributed by atoms with E-state index >= 15 is 0 Å². The number of ether oxygens (including phenoxy) is 2. The maximum absolute atomic E-state index is 11.1. The average molecular weight is 360 g/mol. The molecule has 0 amide bonds. The Morgan fingerprint density at radius 3 is 2.76 bits per heavy atom. The minimum Gasteiger partial charge on any atom is -0.491 e. The third-order valence-corrected chi connectivity index (χ3v) is 3.63. The monoisotopic (exact) mass is 359 g/mol. The molecule has 0 unspecified atom stereocenters. The van der Waals surface area contributed by atoms with Gasteiger partial charge in [-0.05, 0) is 35.8 Å². The van der Waals surface area contributed by atoms with E-state index in [2.05, 4.69) is 21.2 Å². The van der Waals surface area contributed by atoms with Crippen molar-refractivity contribution in [1.82, 2.24) is 5.32 Å². The van der Waals surface area contributed by atoms with Crippen LogP contribution in [0.25, 0.3) is 0 Å². The molecule has 0 aromatic heterocycles. The van der Waals surface area contributed by atoms with E-state index in [-0.39, 0.29) is 6.61 Å². The highest BCUT2D eigenvalue weighted by molar-refractivity contribution is 9.10. The van der Waals surface area contributed by atoms with Crippen LogP contribution in [0.5, 0.6) is 5.75 Å². The molecule has 21 heavy (non-hydrogen) atoms. The zero-order chi connectivity index (χ0) is 15.9. The van der Waals surface area contributed by atoms with Crippen molar-refractivity contribution in [3.63, 3.8) is 0 Å². The molecule has 118 valence electrons. The summed E-state index contributed by atoms with van der Waals surface area (Å²) in [4.78, 5) is 11.1. The van der Waals surface area contributed by atoms with Crippen LogP contribution in [-0.4, -0.2) is 37.9 Å². The summed E-state index contributed by atoms with van der Waals surface area (Å²) < 4.78 is 11.6. The van der Waals surface area contributed by atoms with Crippen LogP contribution < -0.4 is 10.1 Å². The molecule has 1 aromatic rings. The second kappa shape index (κ2) is 8.36. The summed E-state index contributed by atoms with van der Waals surface area (Å²) in [5, 5.41) is 12.4. The Labute approximate surface area is 133 Å². The van der Waals surface area contributed by atoms with E-state index in [1.54, 1.807) is 21.0 Å². The predicted molar refractivity (Wildman–Crippen MR) is 84.6 cm³/mol. The van der Waals surface area contributed by atoms with E-state index < -0.39 is 11.4 Å². The van der Waals surface area contributed by atoms with Crippen molar-refractivity contribution < 1.29 is 19.4 Å². The van der Waals surface area contributed by atoms with E-state index in [9.17, 15) is 4.79 Å². The SMILES string of the molecule is COCCNCc1cccc(Br)c1OCC(C)(C)C(=O)O. The lowest BCUT2D eigenvalue weighted by atomic mass is 9.95. The number of carboxylic acids is 1. The normalized spacial score (nSPS) is 11.4. The van der Waals surface area contributed by atoms with Gasteiger partial charge < -0.3 is 19.9 Å². The summed E-state index contributed by atoms with van der Waals surface area (Å²) in [5.74, 6) is -0.203. The summed E-state index contributed by atoms with van der Waals surface area (Å²) in [6.45, 7) is 5.40. The number of methoxy groups -OCH3 is 1. The second-order valence-corrected chi connectivity index (χ2v) is 6.23. The third kappa shape index (κ3) is 5.65.